The van der Waals surface area contributed by atoms with Crippen LogP contribution in [-0.2, 0) is 14.8 Å². The Morgan fingerprint density at radius 3 is 2.62 bits per heavy atom. The molecule has 3 heterocycles. The molecule has 164 valence electrons. The van der Waals surface area contributed by atoms with Crippen molar-refractivity contribution in [3.05, 3.63) is 41.0 Å². The molecule has 1 unspecified atom stereocenters. The molecule has 0 radical (unpaired) electrons. The summed E-state index contributed by atoms with van der Waals surface area (Å²) >= 11 is 0. The number of fused-ring (bicyclic) bond motifs is 1. The lowest BCUT2D eigenvalue weighted by Crippen LogP contribution is -2.41. The summed E-state index contributed by atoms with van der Waals surface area (Å²) in [6.45, 7) is 1.05. The molecule has 0 bridgehead atoms. The smallest absolute Gasteiger partial charge is 0.243 e. The Hall–Kier alpha value is -3.91. The van der Waals surface area contributed by atoms with Gasteiger partial charge < -0.3 is 21.5 Å². The zero-order valence-electron chi connectivity index (χ0n) is 16.7. The molecule has 6 N–H and O–H groups in total. The number of nitriles is 2. The van der Waals surface area contributed by atoms with Crippen molar-refractivity contribution in [3.8, 4) is 12.3 Å². The van der Waals surface area contributed by atoms with Gasteiger partial charge in [-0.2, -0.15) is 14.8 Å². The Balaban J connectivity index is 1.93. The topological polar surface area (TPSA) is 196 Å². The average molecular weight is 453 g/mol. The second-order valence-corrected chi connectivity index (χ2v) is 8.86. The molecule has 12 nitrogen and oxygen atoms in total. The van der Waals surface area contributed by atoms with E-state index in [0.29, 0.717) is 24.3 Å². The fourth-order valence-electron chi connectivity index (χ4n) is 3.67. The van der Waals surface area contributed by atoms with Crippen LogP contribution in [0.3, 0.4) is 0 Å². The number of aliphatic imine (C=N–C) groups is 1. The van der Waals surface area contributed by atoms with Gasteiger partial charge >= 0.3 is 0 Å². The van der Waals surface area contributed by atoms with Crippen LogP contribution >= 0.6 is 0 Å². The number of hydrogen-bond acceptors (Lipinski definition) is 11. The highest BCUT2D eigenvalue weighted by atomic mass is 32.2. The van der Waals surface area contributed by atoms with Crippen molar-refractivity contribution in [1.82, 2.24) is 14.6 Å². The predicted octanol–water partition coefficient (Wildman–Crippen LogP) is 0.0802. The molecule has 0 spiro atoms. The maximum absolute atomic E-state index is 13.5. The lowest BCUT2D eigenvalue weighted by Gasteiger charge is -2.30. The first kappa shape index (κ1) is 21.3. The third-order valence-electron chi connectivity index (χ3n) is 5.16. The van der Waals surface area contributed by atoms with Crippen LogP contribution in [0.4, 0.5) is 17.3 Å². The number of nitrogens with one attached hydrogen (secondary N) is 2. The van der Waals surface area contributed by atoms with Crippen LogP contribution in [0.15, 0.2) is 34.2 Å². The van der Waals surface area contributed by atoms with E-state index in [1.807, 2.05) is 6.07 Å². The van der Waals surface area contributed by atoms with Crippen molar-refractivity contribution in [2.75, 3.05) is 43.1 Å². The van der Waals surface area contributed by atoms with Crippen molar-refractivity contribution in [2.45, 2.75) is 10.9 Å². The molecule has 2 aromatic rings. The van der Waals surface area contributed by atoms with Crippen LogP contribution in [0, 0.1) is 22.8 Å². The summed E-state index contributed by atoms with van der Waals surface area (Å²) < 4.78 is 33.5. The highest BCUT2D eigenvalue weighted by Gasteiger charge is 2.35. The molecule has 1 fully saturated rings. The Kier molecular flexibility index (Phi) is 5.54. The van der Waals surface area contributed by atoms with E-state index in [1.54, 1.807) is 24.4 Å². The van der Waals surface area contributed by atoms with Gasteiger partial charge in [-0.25, -0.2) is 18.4 Å². The van der Waals surface area contributed by atoms with Gasteiger partial charge in [-0.3, -0.25) is 5.32 Å². The summed E-state index contributed by atoms with van der Waals surface area (Å²) in [6.07, 6.45) is 1.76. The summed E-state index contributed by atoms with van der Waals surface area (Å²) in [6, 6.07) is 7.35. The number of ether oxygens (including phenoxy) is 1. The summed E-state index contributed by atoms with van der Waals surface area (Å²) in [4.78, 5) is 8.69. The van der Waals surface area contributed by atoms with Crippen LogP contribution in [0.25, 0.3) is 0 Å². The molecule has 1 atom stereocenters. The van der Waals surface area contributed by atoms with E-state index < -0.39 is 16.1 Å². The number of pyridine rings is 1. The second kappa shape index (κ2) is 8.32. The molecular formula is C19H19N9O3S. The van der Waals surface area contributed by atoms with E-state index in [2.05, 4.69) is 20.6 Å². The van der Waals surface area contributed by atoms with Crippen LogP contribution in [0.5, 0.6) is 0 Å². The van der Waals surface area contributed by atoms with Crippen molar-refractivity contribution < 1.29 is 13.2 Å². The summed E-state index contributed by atoms with van der Waals surface area (Å²) in [7, 11) is -3.88. The maximum Gasteiger partial charge on any atom is 0.243 e. The van der Waals surface area contributed by atoms with Crippen LogP contribution in [-0.4, -0.2) is 50.0 Å². The molecule has 1 aromatic heterocycles. The summed E-state index contributed by atoms with van der Waals surface area (Å²) in [5, 5.41) is 23.7. The highest BCUT2D eigenvalue weighted by molar-refractivity contribution is 7.89. The molecule has 1 aromatic carbocycles. The number of anilines is 3. The van der Waals surface area contributed by atoms with Crippen LogP contribution in [0.2, 0.25) is 0 Å². The van der Waals surface area contributed by atoms with Gasteiger partial charge in [-0.15, -0.1) is 0 Å². The largest absolute Gasteiger partial charge is 0.397 e. The standard InChI is InChI=1S/C19H19N9O3S/c20-9-12-15(22)14-16(25-19(24-10-21)27-18(14)26-17(12)23)11-3-1-2-4-13(11)32(29,30)28-5-7-31-8-6-28/h1-4,16H,5-8H2,(H6,22,23,24,25,26,27). The Morgan fingerprint density at radius 2 is 1.94 bits per heavy atom. The molecule has 13 heteroatoms. The zero-order chi connectivity index (χ0) is 22.9. The van der Waals surface area contributed by atoms with Crippen molar-refractivity contribution in [1.29, 1.82) is 10.5 Å². The van der Waals surface area contributed by atoms with E-state index in [9.17, 15) is 13.7 Å². The number of nitrogen functional groups attached to an aromatic ring is 2. The fraction of sp³-hybridized carbons (Fsp3) is 0.263. The Morgan fingerprint density at radius 1 is 1.22 bits per heavy atom. The summed E-state index contributed by atoms with van der Waals surface area (Å²) in [5.41, 5.74) is 12.7. The number of nitrogens with zero attached hydrogens (tertiary/aromatic N) is 5. The molecule has 0 saturated carbocycles. The lowest BCUT2D eigenvalue weighted by molar-refractivity contribution is 0.0730. The van der Waals surface area contributed by atoms with E-state index in [4.69, 9.17) is 21.5 Å². The molecule has 32 heavy (non-hydrogen) atoms. The normalized spacial score (nSPS) is 18.4. The van der Waals surface area contributed by atoms with E-state index in [1.165, 1.54) is 10.4 Å². The van der Waals surface area contributed by atoms with Crippen molar-refractivity contribution >= 4 is 33.3 Å². The maximum atomic E-state index is 13.5. The molecule has 4 rings (SSSR count). The molecular weight excluding hydrogens is 434 g/mol. The van der Waals surface area contributed by atoms with Gasteiger partial charge in [0.1, 0.15) is 29.3 Å². The van der Waals surface area contributed by atoms with Gasteiger partial charge in [0.15, 0.2) is 6.19 Å². The van der Waals surface area contributed by atoms with Gasteiger partial charge in [0, 0.05) is 24.2 Å². The fourth-order valence-corrected chi connectivity index (χ4v) is 5.31. The monoisotopic (exact) mass is 453 g/mol. The summed E-state index contributed by atoms with van der Waals surface area (Å²) in [5.74, 6) is 0.123. The average Bonchev–Trinajstić information content (AvgIpc) is 2.79. The van der Waals surface area contributed by atoms with Crippen LogP contribution < -0.4 is 22.1 Å². The lowest BCUT2D eigenvalue weighted by atomic mass is 9.95. The number of rotatable bonds is 3. The van der Waals surface area contributed by atoms with E-state index in [0.717, 1.165) is 0 Å². The first-order valence-electron chi connectivity index (χ1n) is 9.54. The van der Waals surface area contributed by atoms with Gasteiger partial charge in [0.05, 0.1) is 23.8 Å². The highest BCUT2D eigenvalue weighted by Crippen LogP contribution is 2.42. The number of aromatic nitrogens is 1. The van der Waals surface area contributed by atoms with Crippen molar-refractivity contribution in [3.63, 3.8) is 0 Å². The first-order chi connectivity index (χ1) is 15.4. The number of guanidine groups is 1. The molecule has 1 saturated heterocycles. The quantitative estimate of drug-likeness (QED) is 0.365. The van der Waals surface area contributed by atoms with Gasteiger partial charge in [0.25, 0.3) is 0 Å². The number of sulfonamides is 1. The molecule has 2 aliphatic rings. The molecule has 2 aliphatic heterocycles. The zero-order valence-corrected chi connectivity index (χ0v) is 17.6. The third-order valence-corrected chi connectivity index (χ3v) is 7.13. The molecule has 0 aliphatic carbocycles. The van der Waals surface area contributed by atoms with Crippen molar-refractivity contribution in [2.24, 2.45) is 4.99 Å². The number of nitrogens with two attached hydrogens (primary N) is 2. The van der Waals surface area contributed by atoms with Gasteiger partial charge in [0.2, 0.25) is 16.0 Å². The Labute approximate surface area is 184 Å². The second-order valence-electron chi connectivity index (χ2n) is 6.96. The SMILES string of the molecule is N#CNC1=NC(c2ccccc2S(=O)(=O)N2CCOCC2)c2c(nc(N)c(C#N)c2N)N1. The number of benzene rings is 1. The first-order valence-corrected chi connectivity index (χ1v) is 11.0. The number of hydrogen-bond donors (Lipinski definition) is 4. The third kappa shape index (κ3) is 3.54. The minimum absolute atomic E-state index is 0.0315. The van der Waals surface area contributed by atoms with Gasteiger partial charge in [-0.1, -0.05) is 18.2 Å². The van der Waals surface area contributed by atoms with E-state index in [-0.39, 0.29) is 46.8 Å². The minimum Gasteiger partial charge on any atom is -0.397 e. The minimum atomic E-state index is -3.88. The predicted molar refractivity (Wildman–Crippen MR) is 115 cm³/mol. The van der Waals surface area contributed by atoms with Gasteiger partial charge in [-0.05, 0) is 6.07 Å². The van der Waals surface area contributed by atoms with E-state index >= 15 is 0 Å². The number of morpholine rings is 1. The molecule has 0 amide bonds. The van der Waals surface area contributed by atoms with Crippen LogP contribution in [0.1, 0.15) is 22.7 Å². The Bertz CT molecular complexity index is 1290.